The number of fused-ring (bicyclic) bond motifs is 1. The standard InChI is InChI=1S/C22H16F5N5O4S/c1-28-37(34,35)15-4-2-3-14(9-15)30-21(33)36-18-11-29-32-17(19(23)24)10-16(31-20(18)32)12-5-7-13(8-6-12)22(25,26)27/h2-11,19,28H,1H3,(H,30,33). The molecule has 0 atom stereocenters. The summed E-state index contributed by atoms with van der Waals surface area (Å²) in [5.41, 5.74) is -1.80. The first kappa shape index (κ1) is 26.0. The molecule has 0 aliphatic heterocycles. The maximum absolute atomic E-state index is 13.7. The molecule has 37 heavy (non-hydrogen) atoms. The van der Waals surface area contributed by atoms with Gasteiger partial charge >= 0.3 is 12.3 Å². The molecule has 0 saturated carbocycles. The molecule has 0 fully saturated rings. The zero-order valence-electron chi connectivity index (χ0n) is 18.6. The number of sulfonamides is 1. The van der Waals surface area contributed by atoms with Crippen molar-refractivity contribution >= 4 is 27.5 Å². The number of ether oxygens (including phenoxy) is 1. The molecule has 194 valence electrons. The average molecular weight is 541 g/mol. The molecule has 4 aromatic rings. The highest BCUT2D eigenvalue weighted by molar-refractivity contribution is 7.89. The van der Waals surface area contributed by atoms with Crippen molar-refractivity contribution in [3.63, 3.8) is 0 Å². The van der Waals surface area contributed by atoms with E-state index in [1.54, 1.807) is 0 Å². The molecule has 0 spiro atoms. The van der Waals surface area contributed by atoms with Crippen molar-refractivity contribution in [2.45, 2.75) is 17.5 Å². The van der Waals surface area contributed by atoms with Gasteiger partial charge in [0.05, 0.1) is 22.3 Å². The fourth-order valence-corrected chi connectivity index (χ4v) is 4.05. The van der Waals surface area contributed by atoms with Crippen LogP contribution in [0.3, 0.4) is 0 Å². The van der Waals surface area contributed by atoms with E-state index in [9.17, 15) is 35.2 Å². The number of nitrogens with one attached hydrogen (secondary N) is 2. The predicted octanol–water partition coefficient (Wildman–Crippen LogP) is 4.87. The highest BCUT2D eigenvalue weighted by atomic mass is 32.2. The van der Waals surface area contributed by atoms with Crippen LogP contribution < -0.4 is 14.8 Å². The molecule has 0 aliphatic rings. The van der Waals surface area contributed by atoms with Crippen LogP contribution in [0.2, 0.25) is 0 Å². The van der Waals surface area contributed by atoms with Gasteiger partial charge < -0.3 is 4.74 Å². The number of anilines is 1. The molecule has 2 aromatic heterocycles. The number of carbonyl (C=O) groups is 1. The number of amides is 1. The number of rotatable bonds is 6. The third-order valence-corrected chi connectivity index (χ3v) is 6.47. The maximum Gasteiger partial charge on any atom is 0.417 e. The van der Waals surface area contributed by atoms with Gasteiger partial charge in [0.2, 0.25) is 10.0 Å². The van der Waals surface area contributed by atoms with Crippen LogP contribution in [0.1, 0.15) is 17.7 Å². The van der Waals surface area contributed by atoms with Crippen LogP contribution in [-0.4, -0.2) is 36.2 Å². The summed E-state index contributed by atoms with van der Waals surface area (Å²) in [6.07, 6.45) is -7.77. The topological polar surface area (TPSA) is 115 Å². The minimum absolute atomic E-state index is 0.0597. The molecule has 1 amide bonds. The summed E-state index contributed by atoms with van der Waals surface area (Å²) in [5, 5.41) is 6.08. The molecule has 0 radical (unpaired) electrons. The second-order valence-corrected chi connectivity index (χ2v) is 9.32. The summed E-state index contributed by atoms with van der Waals surface area (Å²) >= 11 is 0. The minimum atomic E-state index is -4.58. The number of alkyl halides is 5. The maximum atomic E-state index is 13.7. The summed E-state index contributed by atoms with van der Waals surface area (Å²) in [5.74, 6) is -0.327. The normalized spacial score (nSPS) is 12.2. The summed E-state index contributed by atoms with van der Waals surface area (Å²) < 4.78 is 98.0. The quantitative estimate of drug-likeness (QED) is 0.337. The molecule has 0 aliphatic carbocycles. The number of benzene rings is 2. The van der Waals surface area contributed by atoms with Crippen LogP contribution in [-0.2, 0) is 16.2 Å². The van der Waals surface area contributed by atoms with Crippen molar-refractivity contribution < 1.29 is 39.9 Å². The number of carbonyl (C=O) groups excluding carboxylic acids is 1. The van der Waals surface area contributed by atoms with Crippen molar-refractivity contribution in [3.05, 3.63) is 72.1 Å². The van der Waals surface area contributed by atoms with Crippen LogP contribution in [0.15, 0.2) is 65.7 Å². The number of hydrogen-bond donors (Lipinski definition) is 2. The van der Waals surface area contributed by atoms with Crippen LogP contribution in [0, 0.1) is 0 Å². The molecule has 4 rings (SSSR count). The van der Waals surface area contributed by atoms with Gasteiger partial charge in [-0.3, -0.25) is 5.32 Å². The Hall–Kier alpha value is -4.11. The highest BCUT2D eigenvalue weighted by Gasteiger charge is 2.30. The Bertz CT molecular complexity index is 1570. The number of halogens is 5. The first-order valence-corrected chi connectivity index (χ1v) is 11.7. The van der Waals surface area contributed by atoms with Gasteiger partial charge in [-0.2, -0.15) is 18.3 Å². The van der Waals surface area contributed by atoms with Crippen LogP contribution >= 0.6 is 0 Å². The first-order valence-electron chi connectivity index (χ1n) is 10.3. The Morgan fingerprint density at radius 1 is 1.08 bits per heavy atom. The van der Waals surface area contributed by atoms with E-state index < -0.39 is 40.0 Å². The van der Waals surface area contributed by atoms with Crippen molar-refractivity contribution in [2.75, 3.05) is 12.4 Å². The van der Waals surface area contributed by atoms with Gasteiger partial charge in [0.15, 0.2) is 11.4 Å². The molecule has 2 heterocycles. The Morgan fingerprint density at radius 2 is 1.78 bits per heavy atom. The molecule has 0 bridgehead atoms. The lowest BCUT2D eigenvalue weighted by Crippen LogP contribution is -2.20. The fourth-order valence-electron chi connectivity index (χ4n) is 3.27. The largest absolute Gasteiger partial charge is 0.417 e. The Labute approximate surface area is 205 Å². The van der Waals surface area contributed by atoms with E-state index in [0.717, 1.165) is 41.0 Å². The van der Waals surface area contributed by atoms with Gasteiger partial charge in [0.25, 0.3) is 6.43 Å². The number of hydrogen-bond acceptors (Lipinski definition) is 6. The van der Waals surface area contributed by atoms with Gasteiger partial charge in [-0.05, 0) is 43.4 Å². The van der Waals surface area contributed by atoms with E-state index in [2.05, 4.69) is 20.1 Å². The van der Waals surface area contributed by atoms with Crippen molar-refractivity contribution in [1.82, 2.24) is 19.3 Å². The molecule has 15 heteroatoms. The second-order valence-electron chi connectivity index (χ2n) is 7.44. The van der Waals surface area contributed by atoms with Crippen molar-refractivity contribution in [2.24, 2.45) is 0 Å². The smallest absolute Gasteiger partial charge is 0.404 e. The van der Waals surface area contributed by atoms with E-state index in [4.69, 9.17) is 4.74 Å². The minimum Gasteiger partial charge on any atom is -0.404 e. The SMILES string of the molecule is CNS(=O)(=O)c1cccc(NC(=O)Oc2cnn3c(C(F)F)cc(-c4ccc(C(F)(F)F)cc4)nc23)c1. The second kappa shape index (κ2) is 9.74. The number of nitrogens with zero attached hydrogens (tertiary/aromatic N) is 3. The fraction of sp³-hybridized carbons (Fsp3) is 0.136. The highest BCUT2D eigenvalue weighted by Crippen LogP contribution is 2.33. The molecule has 2 N–H and O–H groups in total. The van der Waals surface area contributed by atoms with Gasteiger partial charge in [0, 0.05) is 11.3 Å². The van der Waals surface area contributed by atoms with Crippen LogP contribution in [0.5, 0.6) is 5.75 Å². The molecule has 2 aromatic carbocycles. The van der Waals surface area contributed by atoms with E-state index in [1.165, 1.54) is 31.3 Å². The Balaban J connectivity index is 1.65. The Morgan fingerprint density at radius 3 is 2.41 bits per heavy atom. The Kier molecular flexibility index (Phi) is 6.84. The first-order chi connectivity index (χ1) is 17.4. The van der Waals surface area contributed by atoms with Crippen LogP contribution in [0.4, 0.5) is 32.4 Å². The molecule has 0 saturated heterocycles. The predicted molar refractivity (Wildman–Crippen MR) is 121 cm³/mol. The van der Waals surface area contributed by atoms with E-state index in [-0.39, 0.29) is 33.2 Å². The summed E-state index contributed by atoms with van der Waals surface area (Å²) in [6, 6.07) is 9.92. The zero-order chi connectivity index (χ0) is 27.0. The van der Waals surface area contributed by atoms with Crippen molar-refractivity contribution in [3.8, 4) is 17.0 Å². The monoisotopic (exact) mass is 541 g/mol. The summed E-state index contributed by atoms with van der Waals surface area (Å²) in [6.45, 7) is 0. The number of aromatic nitrogens is 3. The van der Waals surface area contributed by atoms with Gasteiger partial charge in [0.1, 0.15) is 5.69 Å². The van der Waals surface area contributed by atoms with Crippen molar-refractivity contribution in [1.29, 1.82) is 0 Å². The van der Waals surface area contributed by atoms with E-state index in [0.29, 0.717) is 0 Å². The van der Waals surface area contributed by atoms with Gasteiger partial charge in [-0.1, -0.05) is 18.2 Å². The zero-order valence-corrected chi connectivity index (χ0v) is 19.4. The third kappa shape index (κ3) is 5.51. The average Bonchev–Trinajstić information content (AvgIpc) is 3.25. The summed E-state index contributed by atoms with van der Waals surface area (Å²) in [7, 11) is -2.57. The van der Waals surface area contributed by atoms with E-state index in [1.807, 2.05) is 0 Å². The lowest BCUT2D eigenvalue weighted by Gasteiger charge is -2.10. The van der Waals surface area contributed by atoms with Gasteiger partial charge in [-0.25, -0.2) is 36.2 Å². The van der Waals surface area contributed by atoms with E-state index >= 15 is 0 Å². The van der Waals surface area contributed by atoms with Crippen LogP contribution in [0.25, 0.3) is 16.9 Å². The van der Waals surface area contributed by atoms with Gasteiger partial charge in [-0.15, -0.1) is 0 Å². The third-order valence-electron chi connectivity index (χ3n) is 5.06. The molecular formula is C22H16F5N5O4S. The lowest BCUT2D eigenvalue weighted by atomic mass is 10.1. The summed E-state index contributed by atoms with van der Waals surface area (Å²) in [4.78, 5) is 16.5. The molecular weight excluding hydrogens is 525 g/mol. The molecule has 9 nitrogen and oxygen atoms in total. The molecule has 0 unspecified atom stereocenters. The lowest BCUT2D eigenvalue weighted by molar-refractivity contribution is -0.137.